The molecule has 1 fully saturated rings. The fourth-order valence-corrected chi connectivity index (χ4v) is 2.17. The van der Waals surface area contributed by atoms with Gasteiger partial charge in [-0.3, -0.25) is 10.1 Å². The summed E-state index contributed by atoms with van der Waals surface area (Å²) < 4.78 is 9.29. The van der Waals surface area contributed by atoms with Gasteiger partial charge in [-0.05, 0) is 11.4 Å². The van der Waals surface area contributed by atoms with E-state index in [4.69, 9.17) is 9.47 Å². The first-order chi connectivity index (χ1) is 7.12. The fraction of sp³-hybridized carbons (Fsp3) is 0.500. The van der Waals surface area contributed by atoms with Gasteiger partial charge in [0.05, 0.1) is 4.88 Å². The molecule has 0 aromatic carbocycles. The van der Waals surface area contributed by atoms with E-state index in [0.717, 1.165) is 4.88 Å². The number of alkyl halides is 1. The molecule has 5 nitrogen and oxygen atoms in total. The molecule has 1 aliphatic rings. The molecule has 0 unspecified atom stereocenters. The van der Waals surface area contributed by atoms with Crippen molar-refractivity contribution in [3.8, 4) is 0 Å². The number of nitro groups is 1. The van der Waals surface area contributed by atoms with Crippen LogP contribution in [-0.2, 0) is 9.47 Å². The van der Waals surface area contributed by atoms with Gasteiger partial charge in [0.1, 0.15) is 13.2 Å². The zero-order valence-electron chi connectivity index (χ0n) is 7.59. The molecular formula is C8H8BrNO4S. The molecular weight excluding hydrogens is 286 g/mol. The van der Waals surface area contributed by atoms with Crippen molar-refractivity contribution in [2.24, 2.45) is 0 Å². The van der Waals surface area contributed by atoms with Crippen LogP contribution in [0, 0.1) is 10.1 Å². The molecule has 1 aliphatic heterocycles. The van der Waals surface area contributed by atoms with Crippen LogP contribution in [0.3, 0.4) is 0 Å². The van der Waals surface area contributed by atoms with Crippen LogP contribution in [0.15, 0.2) is 17.5 Å². The minimum Gasteiger partial charge on any atom is -0.339 e. The van der Waals surface area contributed by atoms with Gasteiger partial charge in [0.25, 0.3) is 0 Å². The van der Waals surface area contributed by atoms with Crippen LogP contribution < -0.4 is 0 Å². The van der Waals surface area contributed by atoms with Crippen molar-refractivity contribution in [1.29, 1.82) is 0 Å². The summed E-state index contributed by atoms with van der Waals surface area (Å²) in [6, 6.07) is 3.76. The average Bonchev–Trinajstić information content (AvgIpc) is 2.72. The summed E-state index contributed by atoms with van der Waals surface area (Å²) >= 11 is 4.51. The number of ether oxygens (including phenoxy) is 2. The Morgan fingerprint density at radius 2 is 2.27 bits per heavy atom. The van der Waals surface area contributed by atoms with Crippen LogP contribution in [0.4, 0.5) is 0 Å². The summed E-state index contributed by atoms with van der Waals surface area (Å²) in [7, 11) is 0. The molecule has 0 spiro atoms. The van der Waals surface area contributed by atoms with Crippen molar-refractivity contribution in [3.63, 3.8) is 0 Å². The molecule has 0 atom stereocenters. The molecule has 0 N–H and O–H groups in total. The Morgan fingerprint density at radius 1 is 1.60 bits per heavy atom. The van der Waals surface area contributed by atoms with E-state index in [0.29, 0.717) is 0 Å². The van der Waals surface area contributed by atoms with Crippen LogP contribution in [0.5, 0.6) is 0 Å². The van der Waals surface area contributed by atoms with E-state index in [1.807, 2.05) is 17.5 Å². The number of hydrogen-bond donors (Lipinski definition) is 0. The SMILES string of the molecule is O=[N+]([O-])C1(Br)COC(c2cccs2)OC1. The molecule has 0 saturated carbocycles. The molecule has 1 aromatic heterocycles. The van der Waals surface area contributed by atoms with E-state index in [1.54, 1.807) is 0 Å². The van der Waals surface area contributed by atoms with Crippen molar-refractivity contribution < 1.29 is 14.4 Å². The highest BCUT2D eigenvalue weighted by Gasteiger charge is 2.46. The lowest BCUT2D eigenvalue weighted by atomic mass is 10.3. The first kappa shape index (κ1) is 11.0. The lowest BCUT2D eigenvalue weighted by molar-refractivity contribution is -0.557. The lowest BCUT2D eigenvalue weighted by Gasteiger charge is -2.29. The molecule has 2 rings (SSSR count). The van der Waals surface area contributed by atoms with Gasteiger partial charge in [0.15, 0.2) is 6.29 Å². The van der Waals surface area contributed by atoms with Crippen LogP contribution >= 0.6 is 27.3 Å². The zero-order valence-corrected chi connectivity index (χ0v) is 9.99. The predicted octanol–water partition coefficient (Wildman–Crippen LogP) is 2.16. The Kier molecular flexibility index (Phi) is 3.06. The summed E-state index contributed by atoms with van der Waals surface area (Å²) in [6.07, 6.45) is -0.476. The largest absolute Gasteiger partial charge is 0.339 e. The second kappa shape index (κ2) is 4.17. The van der Waals surface area contributed by atoms with E-state index in [9.17, 15) is 10.1 Å². The smallest absolute Gasteiger partial charge is 0.320 e. The van der Waals surface area contributed by atoms with Crippen LogP contribution in [0.25, 0.3) is 0 Å². The first-order valence-electron chi connectivity index (χ1n) is 4.22. The van der Waals surface area contributed by atoms with Crippen molar-refractivity contribution in [3.05, 3.63) is 32.5 Å². The molecule has 0 amide bonds. The molecule has 0 radical (unpaired) electrons. The molecule has 0 aliphatic carbocycles. The molecule has 1 saturated heterocycles. The Hall–Kier alpha value is -0.500. The van der Waals surface area contributed by atoms with Gasteiger partial charge in [-0.2, -0.15) is 0 Å². The predicted molar refractivity (Wildman–Crippen MR) is 57.6 cm³/mol. The fourth-order valence-electron chi connectivity index (χ4n) is 1.19. The summed E-state index contributed by atoms with van der Waals surface area (Å²) in [5.74, 6) is 0. The first-order valence-corrected chi connectivity index (χ1v) is 5.89. The van der Waals surface area contributed by atoms with E-state index in [-0.39, 0.29) is 13.2 Å². The molecule has 82 valence electrons. The number of halogens is 1. The van der Waals surface area contributed by atoms with Gasteiger partial charge in [-0.15, -0.1) is 11.3 Å². The monoisotopic (exact) mass is 293 g/mol. The van der Waals surface area contributed by atoms with Crippen LogP contribution in [0.1, 0.15) is 11.2 Å². The maximum atomic E-state index is 10.7. The number of thiophene rings is 1. The average molecular weight is 294 g/mol. The van der Waals surface area contributed by atoms with Crippen molar-refractivity contribution in [2.75, 3.05) is 13.2 Å². The maximum Gasteiger partial charge on any atom is 0.320 e. The summed E-state index contributed by atoms with van der Waals surface area (Å²) in [6.45, 7) is 0.00509. The van der Waals surface area contributed by atoms with E-state index in [2.05, 4.69) is 15.9 Å². The Bertz CT molecular complexity index is 348. The normalized spacial score (nSPS) is 31.4. The Morgan fingerprint density at radius 3 is 2.73 bits per heavy atom. The third-order valence-corrected chi connectivity index (χ3v) is 3.66. The summed E-state index contributed by atoms with van der Waals surface area (Å²) in [4.78, 5) is 11.2. The third-order valence-electron chi connectivity index (χ3n) is 2.01. The van der Waals surface area contributed by atoms with Crippen LogP contribution in [-0.4, -0.2) is 22.6 Å². The lowest BCUT2D eigenvalue weighted by Crippen LogP contribution is -2.45. The quantitative estimate of drug-likeness (QED) is 0.363. The van der Waals surface area contributed by atoms with E-state index >= 15 is 0 Å². The highest BCUT2D eigenvalue weighted by Crippen LogP contribution is 2.33. The Labute approximate surface area is 98.3 Å². The van der Waals surface area contributed by atoms with Gasteiger partial charge in [0, 0.05) is 20.9 Å². The third kappa shape index (κ3) is 2.20. The van der Waals surface area contributed by atoms with E-state index < -0.39 is 15.7 Å². The zero-order chi connectivity index (χ0) is 10.9. The number of hydrogen-bond acceptors (Lipinski definition) is 5. The highest BCUT2D eigenvalue weighted by molar-refractivity contribution is 9.10. The van der Waals surface area contributed by atoms with Crippen molar-refractivity contribution in [2.45, 2.75) is 10.7 Å². The second-order valence-electron chi connectivity index (χ2n) is 3.14. The van der Waals surface area contributed by atoms with Gasteiger partial charge >= 0.3 is 4.45 Å². The number of rotatable bonds is 2. The minimum absolute atomic E-state index is 0.00255. The van der Waals surface area contributed by atoms with Crippen LogP contribution in [0.2, 0.25) is 0 Å². The summed E-state index contributed by atoms with van der Waals surface area (Å²) in [5.41, 5.74) is 0. The van der Waals surface area contributed by atoms with Gasteiger partial charge in [-0.1, -0.05) is 6.07 Å². The molecule has 0 bridgehead atoms. The summed E-state index contributed by atoms with van der Waals surface area (Å²) in [5, 5.41) is 12.6. The Balaban J connectivity index is 2.01. The van der Waals surface area contributed by atoms with Crippen molar-refractivity contribution in [1.82, 2.24) is 0 Å². The van der Waals surface area contributed by atoms with Gasteiger partial charge in [0.2, 0.25) is 0 Å². The molecule has 1 aromatic rings. The molecule has 15 heavy (non-hydrogen) atoms. The molecule has 2 heterocycles. The highest BCUT2D eigenvalue weighted by atomic mass is 79.9. The molecule has 7 heteroatoms. The van der Waals surface area contributed by atoms with Gasteiger partial charge < -0.3 is 9.47 Å². The van der Waals surface area contributed by atoms with E-state index in [1.165, 1.54) is 11.3 Å². The van der Waals surface area contributed by atoms with Crippen molar-refractivity contribution >= 4 is 27.3 Å². The topological polar surface area (TPSA) is 61.6 Å². The minimum atomic E-state index is -1.30. The standard InChI is InChI=1S/C8H8BrNO4S/c9-8(10(11)12)4-13-7(14-5-8)6-2-1-3-15-6/h1-3,7H,4-5H2. The number of nitrogens with zero attached hydrogens (tertiary/aromatic N) is 1. The maximum absolute atomic E-state index is 10.7. The second-order valence-corrected chi connectivity index (χ2v) is 5.60. The van der Waals surface area contributed by atoms with Gasteiger partial charge in [-0.25, -0.2) is 0 Å².